The molecule has 3 fully saturated rings. The van der Waals surface area contributed by atoms with Crippen LogP contribution in [0.5, 0.6) is 0 Å². The van der Waals surface area contributed by atoms with Crippen LogP contribution in [0.1, 0.15) is 37.0 Å². The van der Waals surface area contributed by atoms with Crippen molar-refractivity contribution in [2.45, 2.75) is 44.5 Å². The van der Waals surface area contributed by atoms with E-state index in [1.54, 1.807) is 17.0 Å². The van der Waals surface area contributed by atoms with E-state index in [1.165, 1.54) is 6.20 Å². The lowest BCUT2D eigenvalue weighted by molar-refractivity contribution is -0.139. The minimum atomic E-state index is -0.636. The van der Waals surface area contributed by atoms with Crippen molar-refractivity contribution in [1.82, 2.24) is 14.8 Å². The zero-order chi connectivity index (χ0) is 17.1. The van der Waals surface area contributed by atoms with Gasteiger partial charge in [0.1, 0.15) is 5.82 Å². The molecule has 0 radical (unpaired) electrons. The Hall–Kier alpha value is -2.15. The van der Waals surface area contributed by atoms with Crippen LogP contribution in [0.2, 0.25) is 0 Å². The van der Waals surface area contributed by atoms with E-state index in [0.717, 1.165) is 0 Å². The van der Waals surface area contributed by atoms with Crippen molar-refractivity contribution in [2.75, 3.05) is 18.9 Å². The summed E-state index contributed by atoms with van der Waals surface area (Å²) in [4.78, 5) is 33.2. The number of pyridine rings is 1. The van der Waals surface area contributed by atoms with Gasteiger partial charge in [-0.05, 0) is 18.1 Å². The largest absolute Gasteiger partial charge is 0.384 e. The fourth-order valence-electron chi connectivity index (χ4n) is 4.31. The molecule has 7 heteroatoms. The van der Waals surface area contributed by atoms with E-state index >= 15 is 0 Å². The van der Waals surface area contributed by atoms with E-state index in [9.17, 15) is 9.59 Å². The Morgan fingerprint density at radius 1 is 1.46 bits per heavy atom. The monoisotopic (exact) mass is 330 g/mol. The second-order valence-electron chi connectivity index (χ2n) is 7.17. The summed E-state index contributed by atoms with van der Waals surface area (Å²) >= 11 is 0. The van der Waals surface area contributed by atoms with Crippen molar-refractivity contribution < 1.29 is 14.3 Å². The molecule has 1 aromatic heterocycles. The maximum atomic E-state index is 12.9. The van der Waals surface area contributed by atoms with Gasteiger partial charge in [-0.15, -0.1) is 0 Å². The van der Waals surface area contributed by atoms with Gasteiger partial charge in [-0.25, -0.2) is 4.98 Å². The summed E-state index contributed by atoms with van der Waals surface area (Å²) in [7, 11) is 0. The van der Waals surface area contributed by atoms with Crippen LogP contribution >= 0.6 is 0 Å². The number of anilines is 1. The van der Waals surface area contributed by atoms with E-state index in [-0.39, 0.29) is 23.9 Å². The predicted molar refractivity (Wildman–Crippen MR) is 86.9 cm³/mol. The number of likely N-dealkylation sites (tertiary alicyclic amines) is 1. The molecule has 4 rings (SSSR count). The van der Waals surface area contributed by atoms with Gasteiger partial charge in [-0.2, -0.15) is 0 Å². The maximum Gasteiger partial charge on any atom is 0.255 e. The van der Waals surface area contributed by atoms with Gasteiger partial charge in [0, 0.05) is 19.2 Å². The quantitative estimate of drug-likeness (QED) is 0.869. The minimum absolute atomic E-state index is 0.0872. The number of carbonyl (C=O) groups is 2. The lowest BCUT2D eigenvalue weighted by atomic mass is 10.0. The highest BCUT2D eigenvalue weighted by Gasteiger charge is 2.65. The Balaban J connectivity index is 1.63. The maximum absolute atomic E-state index is 12.9. The van der Waals surface area contributed by atoms with Crippen LogP contribution < -0.4 is 5.73 Å². The third kappa shape index (κ3) is 1.97. The van der Waals surface area contributed by atoms with E-state index in [4.69, 9.17) is 10.5 Å². The summed E-state index contributed by atoms with van der Waals surface area (Å²) in [5.41, 5.74) is 5.44. The lowest BCUT2D eigenvalue weighted by Crippen LogP contribution is -2.51. The standard InChI is InChI=1S/C17H22N4O3/c1-10(2)12-9-24-17-5-6-20(13(17)7-15(22)21(12)17)16(23)11-3-4-14(18)19-8-11/h3-4,8,10,12-13H,5-7,9H2,1-2H3,(H2,18,19)/t12-,13+,17-/m0/s1. The number of nitrogen functional groups attached to an aromatic ring is 1. The van der Waals surface area contributed by atoms with Crippen LogP contribution in [-0.4, -0.2) is 57.6 Å². The number of ether oxygens (including phenoxy) is 1. The number of rotatable bonds is 2. The molecule has 1 spiro atoms. The van der Waals surface area contributed by atoms with E-state index in [1.807, 2.05) is 4.90 Å². The summed E-state index contributed by atoms with van der Waals surface area (Å²) in [6.07, 6.45) is 2.49. The molecule has 3 aliphatic rings. The van der Waals surface area contributed by atoms with Gasteiger partial charge >= 0.3 is 0 Å². The number of carbonyl (C=O) groups excluding carboxylic acids is 2. The van der Waals surface area contributed by atoms with Gasteiger partial charge in [0.15, 0.2) is 5.72 Å². The highest BCUT2D eigenvalue weighted by Crippen LogP contribution is 2.49. The third-order valence-electron chi connectivity index (χ3n) is 5.55. The van der Waals surface area contributed by atoms with Crippen LogP contribution in [0.4, 0.5) is 5.82 Å². The number of amides is 2. The number of aromatic nitrogens is 1. The van der Waals surface area contributed by atoms with Gasteiger partial charge in [0.2, 0.25) is 5.91 Å². The van der Waals surface area contributed by atoms with Crippen molar-refractivity contribution in [2.24, 2.45) is 5.92 Å². The molecule has 0 unspecified atom stereocenters. The first-order valence-corrected chi connectivity index (χ1v) is 8.42. The Labute approximate surface area is 140 Å². The lowest BCUT2D eigenvalue weighted by Gasteiger charge is -2.34. The van der Waals surface area contributed by atoms with Gasteiger partial charge in [-0.3, -0.25) is 9.59 Å². The van der Waals surface area contributed by atoms with E-state index in [2.05, 4.69) is 18.8 Å². The molecular formula is C17H22N4O3. The molecular weight excluding hydrogens is 308 g/mol. The first-order valence-electron chi connectivity index (χ1n) is 8.42. The molecule has 4 heterocycles. The SMILES string of the molecule is CC(C)[C@@H]1CO[C@@]23CCN(C(=O)c4ccc(N)nc4)[C@@H]2CC(=O)N13. The number of nitrogens with two attached hydrogens (primary N) is 1. The van der Waals surface area contributed by atoms with Crippen molar-refractivity contribution in [3.8, 4) is 0 Å². The van der Waals surface area contributed by atoms with Crippen LogP contribution in [0.3, 0.4) is 0 Å². The van der Waals surface area contributed by atoms with Crippen LogP contribution in [0.25, 0.3) is 0 Å². The van der Waals surface area contributed by atoms with E-state index in [0.29, 0.717) is 43.3 Å². The third-order valence-corrected chi connectivity index (χ3v) is 5.55. The Bertz CT molecular complexity index is 690. The summed E-state index contributed by atoms with van der Waals surface area (Å²) in [6, 6.07) is 3.16. The number of hydrogen-bond donors (Lipinski definition) is 1. The molecule has 128 valence electrons. The molecule has 3 saturated heterocycles. The zero-order valence-electron chi connectivity index (χ0n) is 13.9. The summed E-state index contributed by atoms with van der Waals surface area (Å²) in [6.45, 7) is 5.34. The van der Waals surface area contributed by atoms with Crippen molar-refractivity contribution in [3.05, 3.63) is 23.9 Å². The fraction of sp³-hybridized carbons (Fsp3) is 0.588. The minimum Gasteiger partial charge on any atom is -0.384 e. The summed E-state index contributed by atoms with van der Waals surface area (Å²) in [5, 5.41) is 0. The molecule has 1 aromatic rings. The van der Waals surface area contributed by atoms with Gasteiger partial charge in [0.05, 0.1) is 30.7 Å². The molecule has 24 heavy (non-hydrogen) atoms. The summed E-state index contributed by atoms with van der Waals surface area (Å²) in [5.74, 6) is 0.684. The second kappa shape index (κ2) is 5.17. The normalized spacial score (nSPS) is 31.7. The molecule has 2 N–H and O–H groups in total. The average Bonchev–Trinajstić information content (AvgIpc) is 3.17. The fourth-order valence-corrected chi connectivity index (χ4v) is 4.31. The van der Waals surface area contributed by atoms with Crippen LogP contribution in [0.15, 0.2) is 18.3 Å². The average molecular weight is 330 g/mol. The topological polar surface area (TPSA) is 88.8 Å². The van der Waals surface area contributed by atoms with Gasteiger partial charge < -0.3 is 20.3 Å². The molecule has 0 saturated carbocycles. The molecule has 2 amide bonds. The number of hydrogen-bond acceptors (Lipinski definition) is 5. The van der Waals surface area contributed by atoms with Crippen LogP contribution in [0, 0.1) is 5.92 Å². The van der Waals surface area contributed by atoms with Gasteiger partial charge in [0.25, 0.3) is 5.91 Å². The van der Waals surface area contributed by atoms with Crippen molar-refractivity contribution in [3.63, 3.8) is 0 Å². The van der Waals surface area contributed by atoms with Crippen molar-refractivity contribution in [1.29, 1.82) is 0 Å². The molecule has 0 aromatic carbocycles. The molecule has 0 bridgehead atoms. The zero-order valence-corrected chi connectivity index (χ0v) is 13.9. The number of nitrogens with zero attached hydrogens (tertiary/aromatic N) is 3. The predicted octanol–water partition coefficient (Wildman–Crippen LogP) is 0.862. The first kappa shape index (κ1) is 15.4. The summed E-state index contributed by atoms with van der Waals surface area (Å²) < 4.78 is 6.14. The second-order valence-corrected chi connectivity index (χ2v) is 7.17. The van der Waals surface area contributed by atoms with Crippen LogP contribution in [-0.2, 0) is 9.53 Å². The molecule has 3 atom stereocenters. The highest BCUT2D eigenvalue weighted by molar-refractivity contribution is 5.95. The molecule has 0 aliphatic carbocycles. The van der Waals surface area contributed by atoms with Crippen molar-refractivity contribution >= 4 is 17.6 Å². The smallest absolute Gasteiger partial charge is 0.255 e. The molecule has 7 nitrogen and oxygen atoms in total. The Morgan fingerprint density at radius 3 is 2.92 bits per heavy atom. The Kier molecular flexibility index (Phi) is 3.32. The first-order chi connectivity index (χ1) is 11.4. The highest BCUT2D eigenvalue weighted by atomic mass is 16.5. The van der Waals surface area contributed by atoms with Gasteiger partial charge in [-0.1, -0.05) is 13.8 Å². The van der Waals surface area contributed by atoms with E-state index < -0.39 is 5.72 Å². The molecule has 3 aliphatic heterocycles. The Morgan fingerprint density at radius 2 is 2.25 bits per heavy atom.